The van der Waals surface area contributed by atoms with Gasteiger partial charge in [-0.25, -0.2) is 32.6 Å². The van der Waals surface area contributed by atoms with Gasteiger partial charge in [0.05, 0.1) is 38.1 Å². The summed E-state index contributed by atoms with van der Waals surface area (Å²) in [6.07, 6.45) is 2.11. The SMILES string of the molecule is COc1cc2ncc(-c3ccnc(NC4CNCC4F)n3)n2nc1N1CC(F)(F)C1. The number of rotatable bonds is 5. The second-order valence-corrected chi connectivity index (χ2v) is 7.35. The molecule has 2 unspecified atom stereocenters. The molecule has 2 atom stereocenters. The Labute approximate surface area is 169 Å². The predicted octanol–water partition coefficient (Wildman–Crippen LogP) is 1.37. The molecule has 2 N–H and O–H groups in total. The molecule has 0 bridgehead atoms. The lowest BCUT2D eigenvalue weighted by Crippen LogP contribution is -2.56. The highest BCUT2D eigenvalue weighted by Crippen LogP contribution is 2.36. The van der Waals surface area contributed by atoms with E-state index in [4.69, 9.17) is 4.74 Å². The molecule has 0 aliphatic carbocycles. The third kappa shape index (κ3) is 3.26. The van der Waals surface area contributed by atoms with Gasteiger partial charge in [0.15, 0.2) is 17.2 Å². The van der Waals surface area contributed by atoms with Crippen molar-refractivity contribution in [2.45, 2.75) is 18.1 Å². The van der Waals surface area contributed by atoms with Gasteiger partial charge in [0.1, 0.15) is 11.9 Å². The minimum absolute atomic E-state index is 0.286. The van der Waals surface area contributed by atoms with E-state index in [0.717, 1.165) is 0 Å². The first kappa shape index (κ1) is 18.9. The normalized spacial score (nSPS) is 22.9. The van der Waals surface area contributed by atoms with E-state index in [-0.39, 0.29) is 12.5 Å². The van der Waals surface area contributed by atoms with Crippen molar-refractivity contribution in [3.05, 3.63) is 24.5 Å². The molecule has 158 valence electrons. The van der Waals surface area contributed by atoms with Gasteiger partial charge in [0, 0.05) is 25.4 Å². The van der Waals surface area contributed by atoms with Crippen LogP contribution in [0.25, 0.3) is 17.0 Å². The maximum absolute atomic E-state index is 13.9. The summed E-state index contributed by atoms with van der Waals surface area (Å²) in [5, 5.41) is 10.4. The number of methoxy groups -OCH3 is 1. The van der Waals surface area contributed by atoms with Gasteiger partial charge in [-0.05, 0) is 6.07 Å². The fourth-order valence-electron chi connectivity index (χ4n) is 3.62. The summed E-state index contributed by atoms with van der Waals surface area (Å²) < 4.78 is 47.4. The van der Waals surface area contributed by atoms with Crippen LogP contribution in [0.3, 0.4) is 0 Å². The van der Waals surface area contributed by atoms with Gasteiger partial charge < -0.3 is 20.3 Å². The van der Waals surface area contributed by atoms with Crippen molar-refractivity contribution in [2.75, 3.05) is 43.5 Å². The highest BCUT2D eigenvalue weighted by Gasteiger charge is 2.45. The number of hydrogen-bond donors (Lipinski definition) is 2. The summed E-state index contributed by atoms with van der Waals surface area (Å²) in [6, 6.07) is 2.91. The van der Waals surface area contributed by atoms with Crippen molar-refractivity contribution in [3.63, 3.8) is 0 Å². The number of anilines is 2. The van der Waals surface area contributed by atoms with Crippen LogP contribution in [-0.2, 0) is 0 Å². The number of fused-ring (bicyclic) bond motifs is 1. The molecule has 5 rings (SSSR count). The Balaban J connectivity index is 1.49. The van der Waals surface area contributed by atoms with Gasteiger partial charge >= 0.3 is 0 Å². The lowest BCUT2D eigenvalue weighted by molar-refractivity contribution is -0.0270. The molecule has 2 saturated heterocycles. The number of nitrogens with zero attached hydrogens (tertiary/aromatic N) is 6. The quantitative estimate of drug-likeness (QED) is 0.640. The Bertz CT molecular complexity index is 1080. The minimum atomic E-state index is -2.74. The average molecular weight is 420 g/mol. The molecule has 30 heavy (non-hydrogen) atoms. The Morgan fingerprint density at radius 2 is 2.10 bits per heavy atom. The molecule has 2 aliphatic heterocycles. The van der Waals surface area contributed by atoms with Crippen LogP contribution in [-0.4, -0.2) is 76.0 Å². The standard InChI is InChI=1S/C18H19F3N8O/c1-30-14-4-15-24-7-13(29(15)27-16(14)28-8-18(20,21)9-28)11-2-3-23-17(25-11)26-12-6-22-5-10(12)19/h2-4,7,10,12,22H,5-6,8-9H2,1H3,(H,23,25,26). The second-order valence-electron chi connectivity index (χ2n) is 7.35. The summed E-state index contributed by atoms with van der Waals surface area (Å²) in [7, 11) is 1.46. The number of aromatic nitrogens is 5. The minimum Gasteiger partial charge on any atom is -0.493 e. The Kier molecular flexibility index (Phi) is 4.38. The maximum Gasteiger partial charge on any atom is 0.282 e. The molecule has 5 heterocycles. The Hall–Kier alpha value is -3.15. The molecule has 2 aliphatic rings. The molecule has 0 spiro atoms. The molecule has 2 fully saturated rings. The highest BCUT2D eigenvalue weighted by molar-refractivity contribution is 5.65. The number of alkyl halides is 3. The van der Waals surface area contributed by atoms with Crippen LogP contribution in [0, 0.1) is 0 Å². The van der Waals surface area contributed by atoms with Gasteiger partial charge in [-0.15, -0.1) is 5.10 Å². The molecule has 0 radical (unpaired) electrons. The monoisotopic (exact) mass is 420 g/mol. The topological polar surface area (TPSA) is 92.5 Å². The van der Waals surface area contributed by atoms with Crippen LogP contribution >= 0.6 is 0 Å². The molecule has 9 nitrogen and oxygen atoms in total. The average Bonchev–Trinajstić information content (AvgIpc) is 3.31. The third-order valence-corrected chi connectivity index (χ3v) is 5.18. The van der Waals surface area contributed by atoms with Gasteiger partial charge in [0.25, 0.3) is 5.92 Å². The lowest BCUT2D eigenvalue weighted by Gasteiger charge is -2.39. The molecular weight excluding hydrogens is 401 g/mol. The molecule has 12 heteroatoms. The number of hydrogen-bond acceptors (Lipinski definition) is 8. The molecule has 3 aromatic rings. The first-order valence-corrected chi connectivity index (χ1v) is 9.44. The Morgan fingerprint density at radius 3 is 2.80 bits per heavy atom. The van der Waals surface area contributed by atoms with Crippen LogP contribution in [0.15, 0.2) is 24.5 Å². The number of imidazole rings is 1. The van der Waals surface area contributed by atoms with Crippen molar-refractivity contribution < 1.29 is 17.9 Å². The zero-order valence-electron chi connectivity index (χ0n) is 16.0. The van der Waals surface area contributed by atoms with E-state index in [0.29, 0.717) is 35.1 Å². The van der Waals surface area contributed by atoms with Crippen molar-refractivity contribution in [3.8, 4) is 17.1 Å². The summed E-state index contributed by atoms with van der Waals surface area (Å²) in [5.41, 5.74) is 1.54. The summed E-state index contributed by atoms with van der Waals surface area (Å²) in [4.78, 5) is 14.4. The van der Waals surface area contributed by atoms with E-state index >= 15 is 0 Å². The van der Waals surface area contributed by atoms with Gasteiger partial charge in [-0.1, -0.05) is 0 Å². The van der Waals surface area contributed by atoms with E-state index in [1.165, 1.54) is 16.5 Å². The molecule has 0 amide bonds. The van der Waals surface area contributed by atoms with Gasteiger partial charge in [0.2, 0.25) is 5.95 Å². The molecule has 0 saturated carbocycles. The first-order valence-electron chi connectivity index (χ1n) is 9.44. The maximum atomic E-state index is 13.9. The molecular formula is C18H19F3N8O. The fraction of sp³-hybridized carbons (Fsp3) is 0.444. The smallest absolute Gasteiger partial charge is 0.282 e. The van der Waals surface area contributed by atoms with Crippen LogP contribution in [0.4, 0.5) is 24.9 Å². The van der Waals surface area contributed by atoms with Crippen LogP contribution in [0.5, 0.6) is 5.75 Å². The van der Waals surface area contributed by atoms with Gasteiger partial charge in [-0.2, -0.15) is 0 Å². The number of nitrogens with one attached hydrogen (secondary N) is 2. The molecule has 3 aromatic heterocycles. The number of halogens is 3. The van der Waals surface area contributed by atoms with E-state index in [9.17, 15) is 13.2 Å². The van der Waals surface area contributed by atoms with Crippen LogP contribution in [0.2, 0.25) is 0 Å². The third-order valence-electron chi connectivity index (χ3n) is 5.18. The van der Waals surface area contributed by atoms with Crippen molar-refractivity contribution in [2.24, 2.45) is 0 Å². The van der Waals surface area contributed by atoms with Crippen molar-refractivity contribution >= 4 is 17.4 Å². The predicted molar refractivity (Wildman–Crippen MR) is 103 cm³/mol. The second kappa shape index (κ2) is 6.97. The van der Waals surface area contributed by atoms with E-state index in [1.807, 2.05) is 0 Å². The van der Waals surface area contributed by atoms with E-state index < -0.39 is 31.2 Å². The van der Waals surface area contributed by atoms with Gasteiger partial charge in [-0.3, -0.25) is 0 Å². The fourth-order valence-corrected chi connectivity index (χ4v) is 3.62. The van der Waals surface area contributed by atoms with Crippen LogP contribution < -0.4 is 20.3 Å². The summed E-state index contributed by atoms with van der Waals surface area (Å²) in [5.74, 6) is -1.78. The van der Waals surface area contributed by atoms with Crippen molar-refractivity contribution in [1.82, 2.24) is 29.9 Å². The lowest BCUT2D eigenvalue weighted by atomic mass is 10.1. The zero-order chi connectivity index (χ0) is 20.9. The summed E-state index contributed by atoms with van der Waals surface area (Å²) >= 11 is 0. The number of ether oxygens (including phenoxy) is 1. The van der Waals surface area contributed by atoms with E-state index in [1.54, 1.807) is 24.5 Å². The first-order chi connectivity index (χ1) is 14.4. The van der Waals surface area contributed by atoms with Crippen molar-refractivity contribution in [1.29, 1.82) is 0 Å². The van der Waals surface area contributed by atoms with Crippen LogP contribution in [0.1, 0.15) is 0 Å². The Morgan fingerprint density at radius 1 is 1.27 bits per heavy atom. The van der Waals surface area contributed by atoms with E-state index in [2.05, 4.69) is 30.7 Å². The largest absolute Gasteiger partial charge is 0.493 e. The molecule has 0 aromatic carbocycles. The zero-order valence-corrected chi connectivity index (χ0v) is 16.0. The summed E-state index contributed by atoms with van der Waals surface area (Å²) in [6.45, 7) is -0.0785. The highest BCUT2D eigenvalue weighted by atomic mass is 19.3.